The average molecular weight is 411 g/mol. The molecule has 0 radical (unpaired) electrons. The van der Waals surface area contributed by atoms with Gasteiger partial charge in [-0.25, -0.2) is 8.42 Å². The highest BCUT2D eigenvalue weighted by atomic mass is 32.2. The van der Waals surface area contributed by atoms with Gasteiger partial charge >= 0.3 is 0 Å². The number of carbonyl (C=O) groups excluding carboxylic acids is 1. The fourth-order valence-corrected chi connectivity index (χ4v) is 6.45. The Kier molecular flexibility index (Phi) is 5.14. The molecule has 0 unspecified atom stereocenters. The van der Waals surface area contributed by atoms with E-state index >= 15 is 0 Å². The number of thiol groups is 1. The van der Waals surface area contributed by atoms with Crippen molar-refractivity contribution in [2.24, 2.45) is 0 Å². The van der Waals surface area contributed by atoms with E-state index in [9.17, 15) is 18.5 Å². The van der Waals surface area contributed by atoms with Gasteiger partial charge in [0.1, 0.15) is 21.8 Å². The van der Waals surface area contributed by atoms with E-state index in [0.29, 0.717) is 18.1 Å². The normalized spacial score (nSPS) is 23.8. The number of benzene rings is 1. The Morgan fingerprint density at radius 1 is 1.35 bits per heavy atom. The van der Waals surface area contributed by atoms with Crippen LogP contribution in [-0.4, -0.2) is 55.0 Å². The molecule has 7 nitrogen and oxygen atoms in total. The Labute approximate surface area is 162 Å². The van der Waals surface area contributed by atoms with Gasteiger partial charge < -0.3 is 15.1 Å². The van der Waals surface area contributed by atoms with Crippen molar-refractivity contribution in [1.29, 1.82) is 5.26 Å². The first-order valence-electron chi connectivity index (χ1n) is 7.88. The van der Waals surface area contributed by atoms with Crippen LogP contribution in [-0.2, 0) is 14.6 Å². The number of hydrogen-bond donors (Lipinski definition) is 2. The van der Waals surface area contributed by atoms with Gasteiger partial charge in [-0.3, -0.25) is 4.79 Å². The standard InChI is InChI=1S/C16H18N4O3S3/c1-10-14(21)19(2)7-8-20(10)15-13(18-16(24)25-15)26(22,23)12-6-4-3-5-11(12)9-17/h3-6,10,16,18,24H,7-8H2,1-2H3/t10-,16-/m1/s1. The minimum atomic E-state index is -3.96. The number of piperazine rings is 1. The number of rotatable bonds is 3. The molecule has 0 aromatic heterocycles. The molecule has 1 aromatic rings. The Hall–Kier alpha value is -1.83. The number of carbonyl (C=O) groups is 1. The van der Waals surface area contributed by atoms with E-state index in [-0.39, 0.29) is 21.4 Å². The first-order chi connectivity index (χ1) is 12.3. The minimum Gasteiger partial charge on any atom is -0.353 e. The van der Waals surface area contributed by atoms with Gasteiger partial charge in [-0.15, -0.1) is 12.6 Å². The predicted molar refractivity (Wildman–Crippen MR) is 103 cm³/mol. The summed E-state index contributed by atoms with van der Waals surface area (Å²) in [6.07, 6.45) is 0. The van der Waals surface area contributed by atoms with Crippen LogP contribution in [0.1, 0.15) is 12.5 Å². The predicted octanol–water partition coefficient (Wildman–Crippen LogP) is 1.17. The van der Waals surface area contributed by atoms with E-state index in [2.05, 4.69) is 17.9 Å². The fraction of sp³-hybridized carbons (Fsp3) is 0.375. The summed E-state index contributed by atoms with van der Waals surface area (Å²) < 4.78 is 26.0. The molecule has 1 amide bonds. The number of nitrogens with one attached hydrogen (secondary N) is 1. The smallest absolute Gasteiger partial charge is 0.244 e. The molecule has 2 heterocycles. The van der Waals surface area contributed by atoms with Crippen LogP contribution in [0, 0.1) is 11.3 Å². The highest BCUT2D eigenvalue weighted by Gasteiger charge is 2.40. The number of sulfone groups is 1. The second-order valence-electron chi connectivity index (χ2n) is 5.99. The number of hydrogen-bond acceptors (Lipinski definition) is 8. The maximum atomic E-state index is 13.2. The summed E-state index contributed by atoms with van der Waals surface area (Å²) in [6, 6.07) is 7.52. The van der Waals surface area contributed by atoms with Gasteiger partial charge in [0.2, 0.25) is 15.7 Å². The third-order valence-electron chi connectivity index (χ3n) is 4.38. The van der Waals surface area contributed by atoms with Crippen molar-refractivity contribution in [2.45, 2.75) is 22.6 Å². The van der Waals surface area contributed by atoms with Gasteiger partial charge in [0.15, 0.2) is 5.03 Å². The van der Waals surface area contributed by atoms with Gasteiger partial charge in [-0.05, 0) is 19.1 Å². The molecule has 0 saturated carbocycles. The highest BCUT2D eigenvalue weighted by molar-refractivity contribution is 8.13. The first kappa shape index (κ1) is 18.9. The molecule has 1 aromatic carbocycles. The van der Waals surface area contributed by atoms with Gasteiger partial charge in [-0.1, -0.05) is 23.9 Å². The molecule has 3 rings (SSSR count). The molecule has 0 aliphatic carbocycles. The number of nitriles is 1. The molecule has 2 aliphatic rings. The molecular weight excluding hydrogens is 392 g/mol. The summed E-state index contributed by atoms with van der Waals surface area (Å²) in [6.45, 7) is 2.78. The first-order valence-corrected chi connectivity index (χ1v) is 10.8. The Bertz CT molecular complexity index is 923. The highest BCUT2D eigenvalue weighted by Crippen LogP contribution is 2.40. The number of nitrogens with zero attached hydrogens (tertiary/aromatic N) is 3. The van der Waals surface area contributed by atoms with Crippen molar-refractivity contribution in [3.8, 4) is 6.07 Å². The van der Waals surface area contributed by atoms with Crippen LogP contribution in [0.2, 0.25) is 0 Å². The summed E-state index contributed by atoms with van der Waals surface area (Å²) in [5.74, 6) is -0.0684. The number of likely N-dealkylation sites (N-methyl/N-ethyl adjacent to an activating group) is 1. The van der Waals surface area contributed by atoms with E-state index in [4.69, 9.17) is 0 Å². The Morgan fingerprint density at radius 3 is 2.73 bits per heavy atom. The van der Waals surface area contributed by atoms with Crippen molar-refractivity contribution in [3.63, 3.8) is 0 Å². The van der Waals surface area contributed by atoms with E-state index in [1.54, 1.807) is 35.9 Å². The SMILES string of the molecule is C[C@@H]1C(=O)N(C)CCN1C1=C(S(=O)(=O)c2ccccc2C#N)N[C@H](S)S1. The van der Waals surface area contributed by atoms with Gasteiger partial charge in [0.05, 0.1) is 10.5 Å². The summed E-state index contributed by atoms with van der Waals surface area (Å²) in [7, 11) is -2.23. The topological polar surface area (TPSA) is 93.5 Å². The number of amides is 1. The third kappa shape index (κ3) is 3.15. The van der Waals surface area contributed by atoms with Crippen molar-refractivity contribution in [2.75, 3.05) is 20.1 Å². The molecule has 0 bridgehead atoms. The molecule has 138 valence electrons. The largest absolute Gasteiger partial charge is 0.353 e. The lowest BCUT2D eigenvalue weighted by Gasteiger charge is -2.39. The minimum absolute atomic E-state index is 0.00518. The quantitative estimate of drug-likeness (QED) is 0.723. The summed E-state index contributed by atoms with van der Waals surface area (Å²) in [5.41, 5.74) is 0.0799. The molecule has 0 spiro atoms. The van der Waals surface area contributed by atoms with Crippen LogP contribution in [0.3, 0.4) is 0 Å². The molecule has 2 atom stereocenters. The summed E-state index contributed by atoms with van der Waals surface area (Å²) >= 11 is 5.60. The summed E-state index contributed by atoms with van der Waals surface area (Å²) in [5, 5.41) is 12.6. The third-order valence-corrected chi connectivity index (χ3v) is 7.74. The second kappa shape index (κ2) is 7.06. The van der Waals surface area contributed by atoms with E-state index in [1.165, 1.54) is 23.9 Å². The summed E-state index contributed by atoms with van der Waals surface area (Å²) in [4.78, 5) is 15.7. The van der Waals surface area contributed by atoms with Crippen molar-refractivity contribution < 1.29 is 13.2 Å². The lowest BCUT2D eigenvalue weighted by Crippen LogP contribution is -2.53. The maximum Gasteiger partial charge on any atom is 0.244 e. The second-order valence-corrected chi connectivity index (χ2v) is 9.80. The monoisotopic (exact) mass is 410 g/mol. The van der Waals surface area contributed by atoms with Crippen LogP contribution in [0.25, 0.3) is 0 Å². The van der Waals surface area contributed by atoms with Crippen LogP contribution >= 0.6 is 24.4 Å². The molecule has 1 saturated heterocycles. The van der Waals surface area contributed by atoms with E-state index in [0.717, 1.165) is 0 Å². The zero-order chi connectivity index (χ0) is 19.1. The lowest BCUT2D eigenvalue weighted by molar-refractivity contribution is -0.137. The maximum absolute atomic E-state index is 13.2. The zero-order valence-electron chi connectivity index (χ0n) is 14.2. The zero-order valence-corrected chi connectivity index (χ0v) is 16.7. The molecule has 10 heteroatoms. The van der Waals surface area contributed by atoms with Gasteiger partial charge in [0.25, 0.3) is 0 Å². The fourth-order valence-electron chi connectivity index (χ4n) is 2.95. The van der Waals surface area contributed by atoms with Crippen molar-refractivity contribution >= 4 is 40.1 Å². The molecular formula is C16H18N4O3S3. The van der Waals surface area contributed by atoms with E-state index < -0.39 is 20.6 Å². The molecule has 1 fully saturated rings. The molecule has 26 heavy (non-hydrogen) atoms. The average Bonchev–Trinajstić information content (AvgIpc) is 3.02. The Balaban J connectivity index is 2.10. The van der Waals surface area contributed by atoms with Crippen molar-refractivity contribution in [3.05, 3.63) is 39.9 Å². The van der Waals surface area contributed by atoms with Crippen LogP contribution in [0.5, 0.6) is 0 Å². The van der Waals surface area contributed by atoms with Crippen LogP contribution < -0.4 is 5.32 Å². The lowest BCUT2D eigenvalue weighted by atomic mass is 10.2. The number of thioether (sulfide) groups is 1. The Morgan fingerprint density at radius 2 is 2.04 bits per heavy atom. The molecule has 1 N–H and O–H groups in total. The van der Waals surface area contributed by atoms with Crippen LogP contribution in [0.15, 0.2) is 39.2 Å². The van der Waals surface area contributed by atoms with E-state index in [1.807, 2.05) is 6.07 Å². The molecule has 2 aliphatic heterocycles. The van der Waals surface area contributed by atoms with Crippen LogP contribution in [0.4, 0.5) is 0 Å². The van der Waals surface area contributed by atoms with Gasteiger partial charge in [-0.2, -0.15) is 5.26 Å². The van der Waals surface area contributed by atoms with Crippen molar-refractivity contribution in [1.82, 2.24) is 15.1 Å². The van der Waals surface area contributed by atoms with Gasteiger partial charge in [0, 0.05) is 20.1 Å².